The second kappa shape index (κ2) is 6.45. The molecular formula is C16H19FN2. The lowest BCUT2D eigenvalue weighted by Gasteiger charge is -2.21. The number of hydrogen-bond acceptors (Lipinski definition) is 2. The molecule has 1 unspecified atom stereocenters. The first-order valence-corrected chi connectivity index (χ1v) is 6.39. The lowest BCUT2D eigenvalue weighted by Crippen LogP contribution is -2.29. The second-order valence-electron chi connectivity index (χ2n) is 4.81. The van der Waals surface area contributed by atoms with Crippen LogP contribution in [0.25, 0.3) is 0 Å². The average molecular weight is 258 g/mol. The van der Waals surface area contributed by atoms with Gasteiger partial charge in [0.05, 0.1) is 0 Å². The summed E-state index contributed by atoms with van der Waals surface area (Å²) < 4.78 is 13.6. The summed E-state index contributed by atoms with van der Waals surface area (Å²) in [5.74, 6) is -0.164. The molecule has 2 nitrogen and oxygen atoms in total. The maximum atomic E-state index is 13.6. The van der Waals surface area contributed by atoms with Crippen molar-refractivity contribution in [3.8, 4) is 0 Å². The molecule has 0 amide bonds. The van der Waals surface area contributed by atoms with Gasteiger partial charge in [-0.25, -0.2) is 4.39 Å². The first-order chi connectivity index (χ1) is 9.16. The Morgan fingerprint density at radius 1 is 1.05 bits per heavy atom. The molecule has 2 rings (SSSR count). The van der Waals surface area contributed by atoms with Gasteiger partial charge in [0.25, 0.3) is 0 Å². The van der Waals surface area contributed by atoms with Crippen LogP contribution < -0.4 is 5.73 Å². The SMILES string of the molecule is CN(Cc1ccccc1F)CC(N)c1ccccc1. The van der Waals surface area contributed by atoms with Crippen molar-refractivity contribution in [1.82, 2.24) is 4.90 Å². The topological polar surface area (TPSA) is 29.3 Å². The summed E-state index contributed by atoms with van der Waals surface area (Å²) in [5, 5.41) is 0. The molecule has 0 saturated carbocycles. The van der Waals surface area contributed by atoms with Gasteiger partial charge in [0.15, 0.2) is 0 Å². The van der Waals surface area contributed by atoms with Crippen molar-refractivity contribution in [2.45, 2.75) is 12.6 Å². The molecule has 3 heteroatoms. The van der Waals surface area contributed by atoms with E-state index in [1.165, 1.54) is 6.07 Å². The van der Waals surface area contributed by atoms with Crippen molar-refractivity contribution in [3.05, 3.63) is 71.5 Å². The summed E-state index contributed by atoms with van der Waals surface area (Å²) in [6.45, 7) is 1.26. The van der Waals surface area contributed by atoms with Gasteiger partial charge in [-0.05, 0) is 18.7 Å². The number of benzene rings is 2. The van der Waals surface area contributed by atoms with Gasteiger partial charge in [0.1, 0.15) is 5.82 Å². The minimum Gasteiger partial charge on any atom is -0.323 e. The Bertz CT molecular complexity index is 513. The smallest absolute Gasteiger partial charge is 0.127 e. The highest BCUT2D eigenvalue weighted by Gasteiger charge is 2.10. The van der Waals surface area contributed by atoms with Gasteiger partial charge >= 0.3 is 0 Å². The molecule has 19 heavy (non-hydrogen) atoms. The highest BCUT2D eigenvalue weighted by Crippen LogP contribution is 2.13. The van der Waals surface area contributed by atoms with Crippen LogP contribution in [-0.2, 0) is 6.54 Å². The molecule has 0 radical (unpaired) electrons. The van der Waals surface area contributed by atoms with Crippen LogP contribution in [0.2, 0.25) is 0 Å². The zero-order valence-electron chi connectivity index (χ0n) is 11.1. The molecule has 0 bridgehead atoms. The van der Waals surface area contributed by atoms with E-state index in [-0.39, 0.29) is 11.9 Å². The van der Waals surface area contributed by atoms with E-state index in [2.05, 4.69) is 0 Å². The summed E-state index contributed by atoms with van der Waals surface area (Å²) in [6.07, 6.45) is 0. The van der Waals surface area contributed by atoms with Crippen molar-refractivity contribution in [3.63, 3.8) is 0 Å². The first kappa shape index (κ1) is 13.7. The zero-order valence-corrected chi connectivity index (χ0v) is 11.1. The fourth-order valence-electron chi connectivity index (χ4n) is 2.12. The molecule has 0 aromatic heterocycles. The lowest BCUT2D eigenvalue weighted by molar-refractivity contribution is 0.300. The van der Waals surface area contributed by atoms with E-state index < -0.39 is 0 Å². The molecule has 1 atom stereocenters. The van der Waals surface area contributed by atoms with Gasteiger partial charge in [-0.1, -0.05) is 48.5 Å². The van der Waals surface area contributed by atoms with Crippen molar-refractivity contribution < 1.29 is 4.39 Å². The highest BCUT2D eigenvalue weighted by atomic mass is 19.1. The maximum Gasteiger partial charge on any atom is 0.127 e. The fourth-order valence-corrected chi connectivity index (χ4v) is 2.12. The average Bonchev–Trinajstić information content (AvgIpc) is 2.42. The molecule has 2 aromatic rings. The largest absolute Gasteiger partial charge is 0.323 e. The molecule has 0 aliphatic heterocycles. The Hall–Kier alpha value is -1.71. The van der Waals surface area contributed by atoms with Crippen molar-refractivity contribution in [1.29, 1.82) is 0 Å². The maximum absolute atomic E-state index is 13.6. The van der Waals surface area contributed by atoms with Crippen molar-refractivity contribution in [2.75, 3.05) is 13.6 Å². The van der Waals surface area contributed by atoms with E-state index in [0.29, 0.717) is 18.7 Å². The van der Waals surface area contributed by atoms with Crippen LogP contribution in [0.15, 0.2) is 54.6 Å². The normalized spacial score (nSPS) is 12.6. The van der Waals surface area contributed by atoms with Crippen LogP contribution in [0, 0.1) is 5.82 Å². The van der Waals surface area contributed by atoms with E-state index in [9.17, 15) is 4.39 Å². The Labute approximate surface area is 113 Å². The van der Waals surface area contributed by atoms with E-state index in [1.54, 1.807) is 12.1 Å². The van der Waals surface area contributed by atoms with Crippen LogP contribution >= 0.6 is 0 Å². The number of likely N-dealkylation sites (N-methyl/N-ethyl adjacent to an activating group) is 1. The molecule has 0 heterocycles. The molecule has 0 aliphatic rings. The molecule has 0 fully saturated rings. The highest BCUT2D eigenvalue weighted by molar-refractivity contribution is 5.19. The van der Waals surface area contributed by atoms with E-state index in [4.69, 9.17) is 5.73 Å². The lowest BCUT2D eigenvalue weighted by atomic mass is 10.1. The van der Waals surface area contributed by atoms with Gasteiger partial charge in [-0.2, -0.15) is 0 Å². The van der Waals surface area contributed by atoms with Crippen LogP contribution in [-0.4, -0.2) is 18.5 Å². The van der Waals surface area contributed by atoms with E-state index >= 15 is 0 Å². The van der Waals surface area contributed by atoms with E-state index in [1.807, 2.05) is 48.3 Å². The summed E-state index contributed by atoms with van der Waals surface area (Å²) in [4.78, 5) is 2.04. The van der Waals surface area contributed by atoms with Crippen LogP contribution in [0.5, 0.6) is 0 Å². The number of nitrogens with zero attached hydrogens (tertiary/aromatic N) is 1. The Kier molecular flexibility index (Phi) is 4.66. The van der Waals surface area contributed by atoms with Crippen molar-refractivity contribution >= 4 is 0 Å². The van der Waals surface area contributed by atoms with Crippen LogP contribution in [0.3, 0.4) is 0 Å². The zero-order chi connectivity index (χ0) is 13.7. The second-order valence-corrected chi connectivity index (χ2v) is 4.81. The molecule has 0 aliphatic carbocycles. The molecule has 0 saturated heterocycles. The van der Waals surface area contributed by atoms with Crippen LogP contribution in [0.1, 0.15) is 17.2 Å². The van der Waals surface area contributed by atoms with Gasteiger partial charge in [-0.3, -0.25) is 0 Å². The number of nitrogens with two attached hydrogens (primary N) is 1. The standard InChI is InChI=1S/C16H19FN2/c1-19(11-14-9-5-6-10-15(14)17)12-16(18)13-7-3-2-4-8-13/h2-10,16H,11-12,18H2,1H3. The quantitative estimate of drug-likeness (QED) is 0.893. The molecular weight excluding hydrogens is 239 g/mol. The minimum atomic E-state index is -0.164. The summed E-state index contributed by atoms with van der Waals surface area (Å²) in [6, 6.07) is 16.7. The summed E-state index contributed by atoms with van der Waals surface area (Å²) >= 11 is 0. The number of halogens is 1. The Balaban J connectivity index is 1.95. The Morgan fingerprint density at radius 3 is 2.37 bits per heavy atom. The Morgan fingerprint density at radius 2 is 1.68 bits per heavy atom. The van der Waals surface area contributed by atoms with Crippen LogP contribution in [0.4, 0.5) is 4.39 Å². The molecule has 2 aromatic carbocycles. The van der Waals surface area contributed by atoms with Gasteiger partial charge in [0, 0.05) is 24.7 Å². The van der Waals surface area contributed by atoms with Gasteiger partial charge in [-0.15, -0.1) is 0 Å². The predicted molar refractivity (Wildman–Crippen MR) is 76.1 cm³/mol. The molecule has 0 spiro atoms. The third kappa shape index (κ3) is 3.88. The summed E-state index contributed by atoms with van der Waals surface area (Å²) in [7, 11) is 1.95. The van der Waals surface area contributed by atoms with Gasteiger partial charge in [0.2, 0.25) is 0 Å². The minimum absolute atomic E-state index is 0.0574. The van der Waals surface area contributed by atoms with Gasteiger partial charge < -0.3 is 10.6 Å². The first-order valence-electron chi connectivity index (χ1n) is 6.39. The molecule has 2 N–H and O–H groups in total. The third-order valence-electron chi connectivity index (χ3n) is 3.13. The predicted octanol–water partition coefficient (Wildman–Crippen LogP) is 2.96. The molecule has 100 valence electrons. The van der Waals surface area contributed by atoms with E-state index in [0.717, 1.165) is 5.56 Å². The van der Waals surface area contributed by atoms with Crippen molar-refractivity contribution in [2.24, 2.45) is 5.73 Å². The third-order valence-corrected chi connectivity index (χ3v) is 3.13. The number of hydrogen-bond donors (Lipinski definition) is 1. The number of rotatable bonds is 5. The summed E-state index contributed by atoms with van der Waals surface area (Å²) in [5.41, 5.74) is 7.95. The monoisotopic (exact) mass is 258 g/mol. The fraction of sp³-hybridized carbons (Fsp3) is 0.250.